The summed E-state index contributed by atoms with van der Waals surface area (Å²) >= 11 is 5.74. The molecule has 0 spiro atoms. The van der Waals surface area contributed by atoms with Crippen molar-refractivity contribution in [3.8, 4) is 5.75 Å². The molecular formula is C11H13ClF3NO. The van der Waals surface area contributed by atoms with Crippen molar-refractivity contribution in [3.63, 3.8) is 0 Å². The van der Waals surface area contributed by atoms with Crippen molar-refractivity contribution in [1.29, 1.82) is 0 Å². The summed E-state index contributed by atoms with van der Waals surface area (Å²) < 4.78 is 36.0. The van der Waals surface area contributed by atoms with Crippen LogP contribution in [0.2, 0.25) is 5.02 Å². The van der Waals surface area contributed by atoms with Gasteiger partial charge in [0.1, 0.15) is 5.75 Å². The number of phenols is 1. The molecule has 2 nitrogen and oxygen atoms in total. The molecule has 0 amide bonds. The lowest BCUT2D eigenvalue weighted by Crippen LogP contribution is -2.24. The highest BCUT2D eigenvalue weighted by atomic mass is 35.5. The van der Waals surface area contributed by atoms with E-state index in [2.05, 4.69) is 0 Å². The molecule has 0 saturated carbocycles. The lowest BCUT2D eigenvalue weighted by atomic mass is 10.2. The van der Waals surface area contributed by atoms with Gasteiger partial charge in [-0.15, -0.1) is 0 Å². The predicted molar refractivity (Wildman–Crippen MR) is 60.1 cm³/mol. The Balaban J connectivity index is 2.56. The summed E-state index contributed by atoms with van der Waals surface area (Å²) in [6.45, 7) is 0.109. The Hall–Kier alpha value is -0.940. The Bertz CT molecular complexity index is 381. The summed E-state index contributed by atoms with van der Waals surface area (Å²) in [4.78, 5) is 1.48. The number of halogens is 4. The minimum atomic E-state index is -4.16. The van der Waals surface area contributed by atoms with Gasteiger partial charge in [-0.1, -0.05) is 11.6 Å². The molecule has 0 aliphatic rings. The third kappa shape index (κ3) is 5.28. The maximum absolute atomic E-state index is 12.0. The normalized spacial score (nSPS) is 12.1. The van der Waals surface area contributed by atoms with E-state index in [1.165, 1.54) is 17.0 Å². The Morgan fingerprint density at radius 2 is 2.00 bits per heavy atom. The fourth-order valence-electron chi connectivity index (χ4n) is 1.37. The third-order valence-corrected chi connectivity index (χ3v) is 2.49. The molecule has 1 aromatic rings. The van der Waals surface area contributed by atoms with Gasteiger partial charge in [0.2, 0.25) is 0 Å². The van der Waals surface area contributed by atoms with Gasteiger partial charge in [-0.25, -0.2) is 0 Å². The van der Waals surface area contributed by atoms with E-state index in [9.17, 15) is 18.3 Å². The van der Waals surface area contributed by atoms with Crippen LogP contribution in [0, 0.1) is 0 Å². The quantitative estimate of drug-likeness (QED) is 0.903. The van der Waals surface area contributed by atoms with E-state index >= 15 is 0 Å². The van der Waals surface area contributed by atoms with Gasteiger partial charge in [-0.05, 0) is 25.2 Å². The first kappa shape index (κ1) is 14.1. The second-order valence-electron chi connectivity index (χ2n) is 3.88. The van der Waals surface area contributed by atoms with Gasteiger partial charge in [0.15, 0.2) is 0 Å². The monoisotopic (exact) mass is 267 g/mol. The molecule has 0 unspecified atom stereocenters. The smallest absolute Gasteiger partial charge is 0.390 e. The molecule has 1 aromatic carbocycles. The molecule has 0 bridgehead atoms. The van der Waals surface area contributed by atoms with Crippen LogP contribution in [0.3, 0.4) is 0 Å². The highest BCUT2D eigenvalue weighted by molar-refractivity contribution is 6.30. The largest absolute Gasteiger partial charge is 0.508 e. The second-order valence-corrected chi connectivity index (χ2v) is 4.31. The van der Waals surface area contributed by atoms with Crippen molar-refractivity contribution in [2.24, 2.45) is 0 Å². The average Bonchev–Trinajstić information content (AvgIpc) is 2.20. The summed E-state index contributed by atoms with van der Waals surface area (Å²) in [5, 5.41) is 9.95. The van der Waals surface area contributed by atoms with Gasteiger partial charge in [0.25, 0.3) is 0 Å². The molecule has 0 aliphatic heterocycles. The number of hydrogen-bond acceptors (Lipinski definition) is 2. The number of phenolic OH excluding ortho intramolecular Hbond substituents is 1. The van der Waals surface area contributed by atoms with Crippen LogP contribution in [0.25, 0.3) is 0 Å². The van der Waals surface area contributed by atoms with Crippen molar-refractivity contribution in [2.45, 2.75) is 19.1 Å². The van der Waals surface area contributed by atoms with Gasteiger partial charge in [-0.3, -0.25) is 0 Å². The van der Waals surface area contributed by atoms with Crippen LogP contribution in [0.1, 0.15) is 12.0 Å². The standard InChI is InChI=1S/C11H13ClF3NO/c1-16(5-4-11(13,14)15)7-8-6-9(12)2-3-10(8)17/h2-3,6,17H,4-5,7H2,1H3. The molecule has 0 saturated heterocycles. The number of nitrogens with zero attached hydrogens (tertiary/aromatic N) is 1. The van der Waals surface area contributed by atoms with Crippen molar-refractivity contribution >= 4 is 11.6 Å². The number of hydrogen-bond donors (Lipinski definition) is 1. The SMILES string of the molecule is CN(CCC(F)(F)F)Cc1cc(Cl)ccc1O. The molecule has 0 aromatic heterocycles. The zero-order chi connectivity index (χ0) is 13.1. The second kappa shape index (κ2) is 5.60. The number of rotatable bonds is 4. The van der Waals surface area contributed by atoms with Crippen molar-refractivity contribution in [1.82, 2.24) is 4.90 Å². The summed E-state index contributed by atoms with van der Waals surface area (Å²) in [5.41, 5.74) is 0.516. The molecule has 0 fully saturated rings. The summed E-state index contributed by atoms with van der Waals surface area (Å²) in [5.74, 6) is 0.0354. The van der Waals surface area contributed by atoms with E-state index in [-0.39, 0.29) is 18.8 Å². The van der Waals surface area contributed by atoms with E-state index in [1.807, 2.05) is 0 Å². The van der Waals surface area contributed by atoms with Crippen LogP contribution >= 0.6 is 11.6 Å². The maximum atomic E-state index is 12.0. The fourth-order valence-corrected chi connectivity index (χ4v) is 1.56. The van der Waals surface area contributed by atoms with Crippen LogP contribution in [-0.2, 0) is 6.54 Å². The van der Waals surface area contributed by atoms with E-state index < -0.39 is 12.6 Å². The zero-order valence-corrected chi connectivity index (χ0v) is 10.0. The van der Waals surface area contributed by atoms with Gasteiger partial charge < -0.3 is 10.0 Å². The van der Waals surface area contributed by atoms with Crippen LogP contribution in [0.4, 0.5) is 13.2 Å². The van der Waals surface area contributed by atoms with Crippen LogP contribution in [0.5, 0.6) is 5.75 Å². The first-order valence-electron chi connectivity index (χ1n) is 5.00. The Morgan fingerprint density at radius 3 is 2.59 bits per heavy atom. The van der Waals surface area contributed by atoms with Gasteiger partial charge >= 0.3 is 6.18 Å². The van der Waals surface area contributed by atoms with Crippen LogP contribution in [-0.4, -0.2) is 29.8 Å². The predicted octanol–water partition coefficient (Wildman–Crippen LogP) is 3.43. The van der Waals surface area contributed by atoms with E-state index in [0.717, 1.165) is 0 Å². The number of alkyl halides is 3. The van der Waals surface area contributed by atoms with Crippen molar-refractivity contribution in [3.05, 3.63) is 28.8 Å². The van der Waals surface area contributed by atoms with Gasteiger partial charge in [0, 0.05) is 23.7 Å². The Morgan fingerprint density at radius 1 is 1.35 bits per heavy atom. The van der Waals surface area contributed by atoms with E-state index in [0.29, 0.717) is 10.6 Å². The van der Waals surface area contributed by atoms with Gasteiger partial charge in [0.05, 0.1) is 6.42 Å². The molecule has 96 valence electrons. The first-order chi connectivity index (χ1) is 7.78. The summed E-state index contributed by atoms with van der Waals surface area (Å²) in [6.07, 6.45) is -5.03. The summed E-state index contributed by atoms with van der Waals surface area (Å²) in [6, 6.07) is 4.49. The molecule has 6 heteroatoms. The number of aromatic hydroxyl groups is 1. The van der Waals surface area contributed by atoms with Crippen LogP contribution in [0.15, 0.2) is 18.2 Å². The minimum Gasteiger partial charge on any atom is -0.508 e. The van der Waals surface area contributed by atoms with Crippen molar-refractivity contribution < 1.29 is 18.3 Å². The maximum Gasteiger partial charge on any atom is 0.390 e. The van der Waals surface area contributed by atoms with Gasteiger partial charge in [-0.2, -0.15) is 13.2 Å². The molecule has 0 heterocycles. The highest BCUT2D eigenvalue weighted by Crippen LogP contribution is 2.24. The molecule has 1 N–H and O–H groups in total. The zero-order valence-electron chi connectivity index (χ0n) is 9.26. The Kier molecular flexibility index (Phi) is 4.65. The van der Waals surface area contributed by atoms with Crippen molar-refractivity contribution in [2.75, 3.05) is 13.6 Å². The molecule has 1 rings (SSSR count). The molecule has 0 aliphatic carbocycles. The Labute approximate surface area is 103 Å². The molecular weight excluding hydrogens is 255 g/mol. The van der Waals surface area contributed by atoms with E-state index in [1.54, 1.807) is 13.1 Å². The fraction of sp³-hybridized carbons (Fsp3) is 0.455. The van der Waals surface area contributed by atoms with E-state index in [4.69, 9.17) is 11.6 Å². The first-order valence-corrected chi connectivity index (χ1v) is 5.38. The molecule has 0 radical (unpaired) electrons. The van der Waals surface area contributed by atoms with Crippen LogP contribution < -0.4 is 0 Å². The third-order valence-electron chi connectivity index (χ3n) is 2.26. The lowest BCUT2D eigenvalue weighted by Gasteiger charge is -2.18. The lowest BCUT2D eigenvalue weighted by molar-refractivity contribution is -0.137. The molecule has 17 heavy (non-hydrogen) atoms. The molecule has 0 atom stereocenters. The minimum absolute atomic E-state index is 0.0354. The number of benzene rings is 1. The summed E-state index contributed by atoms with van der Waals surface area (Å²) in [7, 11) is 1.56. The topological polar surface area (TPSA) is 23.5 Å². The average molecular weight is 268 g/mol. The highest BCUT2D eigenvalue weighted by Gasteiger charge is 2.27.